The quantitative estimate of drug-likeness (QED) is 0.462. The molecular weight excluding hydrogens is 240 g/mol. The van der Waals surface area contributed by atoms with Gasteiger partial charge in [-0.3, -0.25) is 4.79 Å². The summed E-state index contributed by atoms with van der Waals surface area (Å²) in [5.74, 6) is -1.03. The van der Waals surface area contributed by atoms with Crippen molar-refractivity contribution in [2.75, 3.05) is 6.54 Å². The van der Waals surface area contributed by atoms with Gasteiger partial charge < -0.3 is 21.3 Å². The molecule has 0 heterocycles. The van der Waals surface area contributed by atoms with Crippen LogP contribution in [0.25, 0.3) is 0 Å². The number of nitrogens with one attached hydrogen (secondary N) is 1. The summed E-state index contributed by atoms with van der Waals surface area (Å²) in [6, 6.07) is 4.13. The summed E-state index contributed by atoms with van der Waals surface area (Å²) in [4.78, 5) is 12.0. The molecule has 6 heteroatoms. The lowest BCUT2D eigenvalue weighted by molar-refractivity contribution is 0.0948. The van der Waals surface area contributed by atoms with Gasteiger partial charge in [0, 0.05) is 6.54 Å². The first kappa shape index (κ1) is 13.2. The van der Waals surface area contributed by atoms with Crippen LogP contribution in [-0.4, -0.2) is 27.7 Å². The minimum atomic E-state index is -0.525. The number of hydrogen-bond donors (Lipinski definition) is 4. The van der Waals surface area contributed by atoms with E-state index < -0.39 is 5.91 Å². The summed E-state index contributed by atoms with van der Waals surface area (Å²) >= 11 is 4.69. The van der Waals surface area contributed by atoms with Crippen LogP contribution in [0.1, 0.15) is 23.2 Å². The van der Waals surface area contributed by atoms with E-state index in [1.165, 1.54) is 18.2 Å². The van der Waals surface area contributed by atoms with Crippen molar-refractivity contribution in [1.29, 1.82) is 0 Å². The molecule has 0 saturated carbocycles. The van der Waals surface area contributed by atoms with Gasteiger partial charge in [0.05, 0.1) is 4.99 Å². The summed E-state index contributed by atoms with van der Waals surface area (Å²) < 4.78 is 0. The van der Waals surface area contributed by atoms with Crippen LogP contribution < -0.4 is 11.1 Å². The lowest BCUT2D eigenvalue weighted by atomic mass is 10.1. The van der Waals surface area contributed by atoms with Crippen LogP contribution in [0.4, 0.5) is 0 Å². The lowest BCUT2D eigenvalue weighted by Gasteiger charge is -2.07. The zero-order valence-electron chi connectivity index (χ0n) is 9.14. The topological polar surface area (TPSA) is 95.6 Å². The highest BCUT2D eigenvalue weighted by atomic mass is 32.1. The van der Waals surface area contributed by atoms with Gasteiger partial charge in [0.15, 0.2) is 0 Å². The van der Waals surface area contributed by atoms with Crippen molar-refractivity contribution in [2.24, 2.45) is 5.73 Å². The molecule has 5 N–H and O–H groups in total. The minimum Gasteiger partial charge on any atom is -0.507 e. The number of nitrogens with two attached hydrogens (primary N) is 1. The summed E-state index contributed by atoms with van der Waals surface area (Å²) in [7, 11) is 0. The number of hydrogen-bond acceptors (Lipinski definition) is 4. The van der Waals surface area contributed by atoms with Gasteiger partial charge in [-0.25, -0.2) is 0 Å². The molecule has 1 rings (SSSR count). The standard InChI is InChI=1S/C11H14N2O3S/c12-9(17)5-2-6-13-11(16)10-7(14)3-1-4-8(10)15/h1,3-4,14-15H,2,5-6H2,(H2,12,17)(H,13,16). The molecule has 0 aliphatic rings. The molecule has 0 radical (unpaired) electrons. The number of amides is 1. The Hall–Kier alpha value is -1.82. The highest BCUT2D eigenvalue weighted by Gasteiger charge is 2.14. The summed E-state index contributed by atoms with van der Waals surface area (Å²) in [5.41, 5.74) is 5.19. The summed E-state index contributed by atoms with van der Waals surface area (Å²) in [6.07, 6.45) is 1.16. The lowest BCUT2D eigenvalue weighted by Crippen LogP contribution is -2.25. The van der Waals surface area contributed by atoms with Crippen LogP contribution in [0.15, 0.2) is 18.2 Å². The highest BCUT2D eigenvalue weighted by Crippen LogP contribution is 2.25. The van der Waals surface area contributed by atoms with Crippen LogP contribution in [0.3, 0.4) is 0 Å². The Morgan fingerprint density at radius 2 is 1.94 bits per heavy atom. The maximum atomic E-state index is 11.6. The van der Waals surface area contributed by atoms with E-state index in [0.29, 0.717) is 24.4 Å². The fourth-order valence-electron chi connectivity index (χ4n) is 1.31. The van der Waals surface area contributed by atoms with Crippen molar-refractivity contribution >= 4 is 23.1 Å². The van der Waals surface area contributed by atoms with Crippen molar-refractivity contribution < 1.29 is 15.0 Å². The van der Waals surface area contributed by atoms with Crippen molar-refractivity contribution in [2.45, 2.75) is 12.8 Å². The molecule has 1 aromatic rings. The van der Waals surface area contributed by atoms with Crippen LogP contribution in [-0.2, 0) is 0 Å². The van der Waals surface area contributed by atoms with Gasteiger partial charge in [-0.15, -0.1) is 0 Å². The van der Waals surface area contributed by atoms with Gasteiger partial charge >= 0.3 is 0 Å². The largest absolute Gasteiger partial charge is 0.507 e. The fraction of sp³-hybridized carbons (Fsp3) is 0.273. The molecule has 1 amide bonds. The Balaban J connectivity index is 2.55. The molecule has 0 spiro atoms. The Bertz CT molecular complexity index is 414. The zero-order valence-corrected chi connectivity index (χ0v) is 9.96. The van der Waals surface area contributed by atoms with E-state index in [1.807, 2.05) is 0 Å². The third-order valence-electron chi connectivity index (χ3n) is 2.13. The number of carbonyl (C=O) groups is 1. The zero-order chi connectivity index (χ0) is 12.8. The Morgan fingerprint density at radius 1 is 1.35 bits per heavy atom. The molecule has 92 valence electrons. The van der Waals surface area contributed by atoms with Crippen LogP contribution >= 0.6 is 12.2 Å². The molecule has 0 unspecified atom stereocenters. The molecule has 17 heavy (non-hydrogen) atoms. The van der Waals surface area contributed by atoms with Crippen LogP contribution in [0.2, 0.25) is 0 Å². The van der Waals surface area contributed by atoms with Crippen LogP contribution in [0, 0.1) is 0 Å². The van der Waals surface area contributed by atoms with Gasteiger partial charge in [-0.05, 0) is 25.0 Å². The Kier molecular flexibility index (Phi) is 4.71. The van der Waals surface area contributed by atoms with Crippen LogP contribution in [0.5, 0.6) is 11.5 Å². The second-order valence-corrected chi connectivity index (χ2v) is 4.02. The third-order valence-corrected chi connectivity index (χ3v) is 2.34. The normalized spacial score (nSPS) is 9.88. The minimum absolute atomic E-state index is 0.122. The van der Waals surface area contributed by atoms with E-state index in [1.54, 1.807) is 0 Å². The van der Waals surface area contributed by atoms with E-state index in [9.17, 15) is 15.0 Å². The van der Waals surface area contributed by atoms with E-state index >= 15 is 0 Å². The molecule has 0 aromatic heterocycles. The molecule has 0 bridgehead atoms. The number of aromatic hydroxyl groups is 2. The van der Waals surface area contributed by atoms with Crippen molar-refractivity contribution in [3.05, 3.63) is 23.8 Å². The highest BCUT2D eigenvalue weighted by molar-refractivity contribution is 7.80. The molecule has 0 fully saturated rings. The molecule has 0 aliphatic carbocycles. The van der Waals surface area contributed by atoms with Gasteiger partial charge in [0.2, 0.25) is 0 Å². The average Bonchev–Trinajstić information content (AvgIpc) is 2.24. The van der Waals surface area contributed by atoms with Crippen molar-refractivity contribution in [1.82, 2.24) is 5.32 Å². The van der Waals surface area contributed by atoms with Crippen molar-refractivity contribution in [3.8, 4) is 11.5 Å². The van der Waals surface area contributed by atoms with E-state index in [0.717, 1.165) is 0 Å². The predicted octanol–water partition coefficient (Wildman–Crippen LogP) is 0.894. The van der Waals surface area contributed by atoms with E-state index in [2.05, 4.69) is 5.32 Å². The maximum Gasteiger partial charge on any atom is 0.258 e. The second-order valence-electron chi connectivity index (χ2n) is 3.50. The molecule has 0 aliphatic heterocycles. The second kappa shape index (κ2) is 6.05. The van der Waals surface area contributed by atoms with Gasteiger partial charge in [0.1, 0.15) is 17.1 Å². The smallest absolute Gasteiger partial charge is 0.258 e. The Morgan fingerprint density at radius 3 is 2.47 bits per heavy atom. The number of phenolic OH excluding ortho intramolecular Hbond substituents is 2. The number of rotatable bonds is 5. The average molecular weight is 254 g/mol. The maximum absolute atomic E-state index is 11.6. The van der Waals surface area contributed by atoms with Crippen molar-refractivity contribution in [3.63, 3.8) is 0 Å². The monoisotopic (exact) mass is 254 g/mol. The summed E-state index contributed by atoms with van der Waals surface area (Å²) in [5, 5.41) is 21.5. The Labute approximate surface area is 104 Å². The molecule has 0 saturated heterocycles. The van der Waals surface area contributed by atoms with E-state index in [-0.39, 0.29) is 17.1 Å². The third kappa shape index (κ3) is 3.92. The molecule has 0 atom stereocenters. The summed E-state index contributed by atoms with van der Waals surface area (Å²) in [6.45, 7) is 0.379. The first-order valence-electron chi connectivity index (χ1n) is 5.10. The number of carbonyl (C=O) groups excluding carboxylic acids is 1. The SMILES string of the molecule is NC(=S)CCCNC(=O)c1c(O)cccc1O. The van der Waals surface area contributed by atoms with Gasteiger partial charge in [-0.1, -0.05) is 18.3 Å². The predicted molar refractivity (Wildman–Crippen MR) is 68.1 cm³/mol. The number of thiocarbonyl (C=S) groups is 1. The fourth-order valence-corrected chi connectivity index (χ4v) is 1.46. The first-order valence-corrected chi connectivity index (χ1v) is 5.50. The molecule has 5 nitrogen and oxygen atoms in total. The molecule has 1 aromatic carbocycles. The van der Waals surface area contributed by atoms with E-state index in [4.69, 9.17) is 18.0 Å². The number of phenols is 2. The number of benzene rings is 1. The van der Waals surface area contributed by atoms with Gasteiger partial charge in [0.25, 0.3) is 5.91 Å². The van der Waals surface area contributed by atoms with Gasteiger partial charge in [-0.2, -0.15) is 0 Å². The molecular formula is C11H14N2O3S. The first-order chi connectivity index (χ1) is 8.02.